The number of carbonyl (C=O) groups is 2. The fourth-order valence-electron chi connectivity index (χ4n) is 3.12. The number of benzene rings is 2. The first kappa shape index (κ1) is 19.2. The highest BCUT2D eigenvalue weighted by Gasteiger charge is 2.34. The van der Waals surface area contributed by atoms with Crippen LogP contribution in [-0.2, 0) is 22.6 Å². The number of anilines is 1. The molecular formula is C23H28N2O2. The van der Waals surface area contributed by atoms with E-state index < -0.39 is 0 Å². The molecule has 4 heteroatoms. The van der Waals surface area contributed by atoms with Crippen molar-refractivity contribution >= 4 is 17.5 Å². The van der Waals surface area contributed by atoms with Crippen LogP contribution in [0.3, 0.4) is 0 Å². The summed E-state index contributed by atoms with van der Waals surface area (Å²) in [5.41, 5.74) is 4.10. The van der Waals surface area contributed by atoms with E-state index in [1.54, 1.807) is 0 Å². The Hall–Kier alpha value is -2.62. The number of amides is 2. The Labute approximate surface area is 161 Å². The zero-order valence-corrected chi connectivity index (χ0v) is 16.4. The van der Waals surface area contributed by atoms with Crippen LogP contribution in [0, 0.1) is 12.8 Å². The van der Waals surface area contributed by atoms with Crippen molar-refractivity contribution in [3.8, 4) is 0 Å². The van der Waals surface area contributed by atoms with E-state index in [2.05, 4.69) is 36.5 Å². The lowest BCUT2D eigenvalue weighted by Crippen LogP contribution is -2.32. The summed E-state index contributed by atoms with van der Waals surface area (Å²) in [7, 11) is 0. The van der Waals surface area contributed by atoms with Gasteiger partial charge in [-0.05, 0) is 56.9 Å². The second-order valence-corrected chi connectivity index (χ2v) is 7.75. The summed E-state index contributed by atoms with van der Waals surface area (Å²) < 4.78 is 0. The summed E-state index contributed by atoms with van der Waals surface area (Å²) in [5, 5.41) is 2.92. The monoisotopic (exact) mass is 364 g/mol. The van der Waals surface area contributed by atoms with Crippen LogP contribution < -0.4 is 10.2 Å². The Morgan fingerprint density at radius 3 is 2.41 bits per heavy atom. The summed E-state index contributed by atoms with van der Waals surface area (Å²) >= 11 is 0. The molecule has 2 amide bonds. The molecule has 1 saturated carbocycles. The second-order valence-electron chi connectivity index (χ2n) is 7.75. The second kappa shape index (κ2) is 8.38. The van der Waals surface area contributed by atoms with Crippen molar-refractivity contribution in [3.05, 3.63) is 65.2 Å². The molecule has 0 aromatic heterocycles. The van der Waals surface area contributed by atoms with Crippen molar-refractivity contribution in [3.63, 3.8) is 0 Å². The van der Waals surface area contributed by atoms with Gasteiger partial charge >= 0.3 is 0 Å². The van der Waals surface area contributed by atoms with Crippen molar-refractivity contribution in [2.45, 2.75) is 52.6 Å². The minimum atomic E-state index is 0.000698. The average Bonchev–Trinajstić information content (AvgIpc) is 3.45. The van der Waals surface area contributed by atoms with Gasteiger partial charge in [-0.1, -0.05) is 42.0 Å². The molecule has 27 heavy (non-hydrogen) atoms. The minimum Gasteiger partial charge on any atom is -0.354 e. The Morgan fingerprint density at radius 1 is 1.07 bits per heavy atom. The normalized spacial score (nSPS) is 13.5. The summed E-state index contributed by atoms with van der Waals surface area (Å²) in [6.45, 7) is 6.51. The third-order valence-electron chi connectivity index (χ3n) is 4.69. The Balaban J connectivity index is 1.81. The zero-order chi connectivity index (χ0) is 19.4. The molecular weight excluding hydrogens is 336 g/mol. The van der Waals surface area contributed by atoms with Gasteiger partial charge in [0.05, 0.1) is 13.0 Å². The molecule has 0 bridgehead atoms. The number of carbonyl (C=O) groups excluding carboxylic acids is 2. The molecule has 3 rings (SSSR count). The van der Waals surface area contributed by atoms with Crippen molar-refractivity contribution in [2.75, 3.05) is 4.90 Å². The van der Waals surface area contributed by atoms with Gasteiger partial charge in [-0.3, -0.25) is 9.59 Å². The van der Waals surface area contributed by atoms with Crippen molar-refractivity contribution in [1.82, 2.24) is 5.32 Å². The highest BCUT2D eigenvalue weighted by Crippen LogP contribution is 2.33. The third-order valence-corrected chi connectivity index (χ3v) is 4.69. The number of aryl methyl sites for hydroxylation is 1. The number of rotatable bonds is 7. The first-order valence-corrected chi connectivity index (χ1v) is 9.67. The maximum absolute atomic E-state index is 12.9. The molecule has 1 aliphatic carbocycles. The van der Waals surface area contributed by atoms with Gasteiger partial charge in [0.15, 0.2) is 0 Å². The molecule has 0 heterocycles. The van der Waals surface area contributed by atoms with Gasteiger partial charge in [0.25, 0.3) is 0 Å². The van der Waals surface area contributed by atoms with Gasteiger partial charge in [0, 0.05) is 17.6 Å². The maximum Gasteiger partial charge on any atom is 0.230 e. The summed E-state index contributed by atoms with van der Waals surface area (Å²) in [4.78, 5) is 26.9. The SMILES string of the molecule is Cc1ccc(CN(C(=O)C2CC2)c2cccc(CC(=O)NC(C)C)c2)cc1. The molecule has 4 nitrogen and oxygen atoms in total. The van der Waals surface area contributed by atoms with E-state index in [9.17, 15) is 9.59 Å². The zero-order valence-electron chi connectivity index (χ0n) is 16.4. The van der Waals surface area contributed by atoms with Crippen LogP contribution in [0.2, 0.25) is 0 Å². The number of nitrogens with one attached hydrogen (secondary N) is 1. The lowest BCUT2D eigenvalue weighted by molar-refractivity contribution is -0.121. The smallest absolute Gasteiger partial charge is 0.230 e. The van der Waals surface area contributed by atoms with Crippen molar-refractivity contribution < 1.29 is 9.59 Å². The topological polar surface area (TPSA) is 49.4 Å². The molecule has 2 aromatic carbocycles. The molecule has 0 aliphatic heterocycles. The molecule has 1 aliphatic rings. The molecule has 142 valence electrons. The molecule has 0 unspecified atom stereocenters. The molecule has 2 aromatic rings. The van der Waals surface area contributed by atoms with E-state index in [4.69, 9.17) is 0 Å². The van der Waals surface area contributed by atoms with E-state index >= 15 is 0 Å². The quantitative estimate of drug-likeness (QED) is 0.807. The van der Waals surface area contributed by atoms with E-state index in [1.165, 1.54) is 5.56 Å². The number of nitrogens with zero attached hydrogens (tertiary/aromatic N) is 1. The van der Waals surface area contributed by atoms with Gasteiger partial charge in [-0.2, -0.15) is 0 Å². The van der Waals surface area contributed by atoms with E-state index in [1.807, 2.05) is 43.0 Å². The van der Waals surface area contributed by atoms with E-state index in [0.717, 1.165) is 29.7 Å². The molecule has 1 fully saturated rings. The van der Waals surface area contributed by atoms with Crippen LogP contribution >= 0.6 is 0 Å². The molecule has 0 saturated heterocycles. The predicted molar refractivity (Wildman–Crippen MR) is 109 cm³/mol. The van der Waals surface area contributed by atoms with Gasteiger partial charge < -0.3 is 10.2 Å². The van der Waals surface area contributed by atoms with Crippen molar-refractivity contribution in [2.24, 2.45) is 5.92 Å². The highest BCUT2D eigenvalue weighted by atomic mass is 16.2. The van der Waals surface area contributed by atoms with Crippen LogP contribution in [-0.4, -0.2) is 17.9 Å². The van der Waals surface area contributed by atoms with Crippen LogP contribution in [0.5, 0.6) is 0 Å². The standard InChI is InChI=1S/C23H28N2O2/c1-16(2)24-22(26)14-19-5-4-6-21(13-19)25(23(27)20-11-12-20)15-18-9-7-17(3)8-10-18/h4-10,13,16,20H,11-12,14-15H2,1-3H3,(H,24,26). The summed E-state index contributed by atoms with van der Waals surface area (Å²) in [6.07, 6.45) is 2.27. The van der Waals surface area contributed by atoms with Crippen LogP contribution in [0.1, 0.15) is 43.4 Å². The summed E-state index contributed by atoms with van der Waals surface area (Å²) in [5.74, 6) is 0.323. The molecule has 0 spiro atoms. The molecule has 1 N–H and O–H groups in total. The lowest BCUT2D eigenvalue weighted by Gasteiger charge is -2.24. The Bertz CT molecular complexity index is 807. The van der Waals surface area contributed by atoms with Gasteiger partial charge in [0.1, 0.15) is 0 Å². The first-order chi connectivity index (χ1) is 12.9. The first-order valence-electron chi connectivity index (χ1n) is 9.67. The fourth-order valence-corrected chi connectivity index (χ4v) is 3.12. The molecule has 0 atom stereocenters. The highest BCUT2D eigenvalue weighted by molar-refractivity contribution is 5.96. The van der Waals surface area contributed by atoms with Crippen LogP contribution in [0.25, 0.3) is 0 Å². The van der Waals surface area contributed by atoms with E-state index in [0.29, 0.717) is 13.0 Å². The Kier molecular flexibility index (Phi) is 5.94. The average molecular weight is 364 g/mol. The summed E-state index contributed by atoms with van der Waals surface area (Å²) in [6, 6.07) is 16.2. The van der Waals surface area contributed by atoms with Gasteiger partial charge in [-0.25, -0.2) is 0 Å². The maximum atomic E-state index is 12.9. The third kappa shape index (κ3) is 5.43. The van der Waals surface area contributed by atoms with Gasteiger partial charge in [-0.15, -0.1) is 0 Å². The van der Waals surface area contributed by atoms with Crippen LogP contribution in [0.4, 0.5) is 5.69 Å². The number of hydrogen-bond donors (Lipinski definition) is 1. The van der Waals surface area contributed by atoms with E-state index in [-0.39, 0.29) is 23.8 Å². The number of hydrogen-bond acceptors (Lipinski definition) is 2. The predicted octanol–water partition coefficient (Wildman–Crippen LogP) is 4.01. The largest absolute Gasteiger partial charge is 0.354 e. The van der Waals surface area contributed by atoms with Crippen molar-refractivity contribution in [1.29, 1.82) is 0 Å². The lowest BCUT2D eigenvalue weighted by atomic mass is 10.1. The molecule has 0 radical (unpaired) electrons. The fraction of sp³-hybridized carbons (Fsp3) is 0.391. The van der Waals surface area contributed by atoms with Gasteiger partial charge in [0.2, 0.25) is 11.8 Å². The van der Waals surface area contributed by atoms with Crippen LogP contribution in [0.15, 0.2) is 48.5 Å². The minimum absolute atomic E-state index is 0.000698. The Morgan fingerprint density at radius 2 is 1.78 bits per heavy atom.